The van der Waals surface area contributed by atoms with Crippen molar-refractivity contribution in [1.29, 1.82) is 0 Å². The Labute approximate surface area is 119 Å². The topological polar surface area (TPSA) is 69.6 Å². The highest BCUT2D eigenvalue weighted by Crippen LogP contribution is 2.19. The molecule has 0 spiro atoms. The van der Waals surface area contributed by atoms with Crippen molar-refractivity contribution < 1.29 is 14.7 Å². The molecule has 0 bridgehead atoms. The van der Waals surface area contributed by atoms with Crippen LogP contribution in [0.2, 0.25) is 0 Å². The molecule has 2 N–H and O–H groups in total. The van der Waals surface area contributed by atoms with Crippen LogP contribution in [-0.2, 0) is 4.79 Å². The van der Waals surface area contributed by atoms with Gasteiger partial charge in [0.2, 0.25) is 0 Å². The minimum absolute atomic E-state index is 0.0494. The number of carboxylic acids is 1. The highest BCUT2D eigenvalue weighted by Gasteiger charge is 2.28. The Morgan fingerprint density at radius 3 is 2.84 bits per heavy atom. The summed E-state index contributed by atoms with van der Waals surface area (Å²) in [6, 6.07) is -0.263. The van der Waals surface area contributed by atoms with Crippen molar-refractivity contribution in [2.24, 2.45) is 5.92 Å². The van der Waals surface area contributed by atoms with Crippen LogP contribution in [0, 0.1) is 5.92 Å². The summed E-state index contributed by atoms with van der Waals surface area (Å²) in [5.74, 6) is 0.612. The fraction of sp³-hybridized carbons (Fsp3) is 0.846. The van der Waals surface area contributed by atoms with E-state index in [0.717, 1.165) is 25.0 Å². The summed E-state index contributed by atoms with van der Waals surface area (Å²) in [6.45, 7) is 3.42. The normalized spacial score (nSPS) is 20.9. The van der Waals surface area contributed by atoms with Crippen LogP contribution in [0.3, 0.4) is 0 Å². The lowest BCUT2D eigenvalue weighted by Crippen LogP contribution is -2.50. The molecule has 1 rings (SSSR count). The van der Waals surface area contributed by atoms with E-state index in [-0.39, 0.29) is 18.5 Å². The van der Waals surface area contributed by atoms with Gasteiger partial charge in [-0.25, -0.2) is 4.79 Å². The van der Waals surface area contributed by atoms with E-state index in [1.807, 2.05) is 6.26 Å². The van der Waals surface area contributed by atoms with Crippen molar-refractivity contribution in [1.82, 2.24) is 10.2 Å². The number of nitrogens with zero attached hydrogens (tertiary/aromatic N) is 1. The Morgan fingerprint density at radius 2 is 2.21 bits per heavy atom. The lowest BCUT2D eigenvalue weighted by atomic mass is 10.00. The van der Waals surface area contributed by atoms with Crippen LogP contribution in [0.25, 0.3) is 0 Å². The lowest BCUT2D eigenvalue weighted by Gasteiger charge is -2.35. The molecule has 1 heterocycles. The van der Waals surface area contributed by atoms with Crippen LogP contribution in [0.1, 0.15) is 32.6 Å². The molecule has 2 atom stereocenters. The number of amides is 2. The zero-order valence-electron chi connectivity index (χ0n) is 11.7. The van der Waals surface area contributed by atoms with Gasteiger partial charge in [0.1, 0.15) is 0 Å². The summed E-state index contributed by atoms with van der Waals surface area (Å²) >= 11 is 1.76. The minimum atomic E-state index is -0.833. The number of aliphatic carboxylic acids is 1. The molecule has 1 aliphatic rings. The van der Waals surface area contributed by atoms with Gasteiger partial charge in [-0.1, -0.05) is 6.92 Å². The van der Waals surface area contributed by atoms with Gasteiger partial charge in [-0.05, 0) is 37.2 Å². The molecule has 6 heteroatoms. The van der Waals surface area contributed by atoms with E-state index in [9.17, 15) is 9.59 Å². The number of piperidine rings is 1. The molecule has 0 aromatic carbocycles. The van der Waals surface area contributed by atoms with Crippen molar-refractivity contribution in [3.05, 3.63) is 0 Å². The SMILES string of the molecule is CSCC(C)CNC(=O)N1CCCCC1CC(=O)O. The average Bonchev–Trinajstić information content (AvgIpc) is 2.36. The molecule has 2 unspecified atom stereocenters. The molecule has 1 fully saturated rings. The van der Waals surface area contributed by atoms with Gasteiger partial charge < -0.3 is 15.3 Å². The molecule has 1 aliphatic heterocycles. The maximum atomic E-state index is 12.1. The van der Waals surface area contributed by atoms with Gasteiger partial charge in [0.25, 0.3) is 0 Å². The standard InChI is InChI=1S/C13H24N2O3S/c1-10(9-19-2)8-14-13(18)15-6-4-3-5-11(15)7-12(16)17/h10-11H,3-9H2,1-2H3,(H,14,18)(H,16,17). The Balaban J connectivity index is 2.45. The van der Waals surface area contributed by atoms with E-state index in [2.05, 4.69) is 12.2 Å². The second-order valence-electron chi connectivity index (χ2n) is 5.19. The van der Waals surface area contributed by atoms with Crippen molar-refractivity contribution in [3.63, 3.8) is 0 Å². The van der Waals surface area contributed by atoms with E-state index in [0.29, 0.717) is 19.0 Å². The number of carboxylic acid groups (broad SMARTS) is 1. The summed E-state index contributed by atoms with van der Waals surface area (Å²) in [7, 11) is 0. The third-order valence-electron chi connectivity index (χ3n) is 3.35. The summed E-state index contributed by atoms with van der Waals surface area (Å²) in [6.07, 6.45) is 4.86. The van der Waals surface area contributed by atoms with Crippen molar-refractivity contribution in [2.75, 3.05) is 25.1 Å². The van der Waals surface area contributed by atoms with Gasteiger partial charge in [0.05, 0.1) is 6.42 Å². The zero-order valence-corrected chi connectivity index (χ0v) is 12.5. The van der Waals surface area contributed by atoms with Crippen LogP contribution in [0.4, 0.5) is 4.79 Å². The molecule has 0 radical (unpaired) electrons. The monoisotopic (exact) mass is 288 g/mol. The molecule has 0 saturated carbocycles. The number of carbonyl (C=O) groups is 2. The summed E-state index contributed by atoms with van der Waals surface area (Å²) in [4.78, 5) is 24.6. The third-order valence-corrected chi connectivity index (χ3v) is 4.25. The molecule has 5 nitrogen and oxygen atoms in total. The quantitative estimate of drug-likeness (QED) is 0.784. The number of carbonyl (C=O) groups excluding carboxylic acids is 1. The Hall–Kier alpha value is -0.910. The maximum Gasteiger partial charge on any atom is 0.317 e. The molecule has 0 aliphatic carbocycles. The zero-order chi connectivity index (χ0) is 14.3. The minimum Gasteiger partial charge on any atom is -0.481 e. The summed E-state index contributed by atoms with van der Waals surface area (Å²) in [5, 5.41) is 11.8. The summed E-state index contributed by atoms with van der Waals surface area (Å²) < 4.78 is 0. The fourth-order valence-electron chi connectivity index (χ4n) is 2.39. The molecular weight excluding hydrogens is 264 g/mol. The lowest BCUT2D eigenvalue weighted by molar-refractivity contribution is -0.138. The second-order valence-corrected chi connectivity index (χ2v) is 6.10. The number of thioether (sulfide) groups is 1. The molecule has 1 saturated heterocycles. The predicted molar refractivity (Wildman–Crippen MR) is 77.5 cm³/mol. The highest BCUT2D eigenvalue weighted by molar-refractivity contribution is 7.98. The number of hydrogen-bond donors (Lipinski definition) is 2. The van der Waals surface area contributed by atoms with Crippen molar-refractivity contribution >= 4 is 23.8 Å². The van der Waals surface area contributed by atoms with Crippen LogP contribution in [0.15, 0.2) is 0 Å². The van der Waals surface area contributed by atoms with E-state index >= 15 is 0 Å². The van der Waals surface area contributed by atoms with Crippen LogP contribution in [-0.4, -0.2) is 53.1 Å². The maximum absolute atomic E-state index is 12.1. The Bertz CT molecular complexity index is 312. The Morgan fingerprint density at radius 1 is 1.47 bits per heavy atom. The molecule has 0 aromatic heterocycles. The number of nitrogens with one attached hydrogen (secondary N) is 1. The van der Waals surface area contributed by atoms with Gasteiger partial charge >= 0.3 is 12.0 Å². The van der Waals surface area contributed by atoms with E-state index < -0.39 is 5.97 Å². The number of rotatable bonds is 6. The largest absolute Gasteiger partial charge is 0.481 e. The molecule has 19 heavy (non-hydrogen) atoms. The number of likely N-dealkylation sites (tertiary alicyclic amines) is 1. The smallest absolute Gasteiger partial charge is 0.317 e. The fourth-order valence-corrected chi connectivity index (χ4v) is 3.08. The summed E-state index contributed by atoms with van der Waals surface area (Å²) in [5.41, 5.74) is 0. The van der Waals surface area contributed by atoms with Gasteiger partial charge in [-0.2, -0.15) is 11.8 Å². The van der Waals surface area contributed by atoms with Gasteiger partial charge in [0, 0.05) is 19.1 Å². The van der Waals surface area contributed by atoms with E-state index in [1.165, 1.54) is 0 Å². The number of hydrogen-bond acceptors (Lipinski definition) is 3. The first kappa shape index (κ1) is 16.1. The molecule has 0 aromatic rings. The van der Waals surface area contributed by atoms with Crippen LogP contribution in [0.5, 0.6) is 0 Å². The molecular formula is C13H24N2O3S. The second kappa shape index (κ2) is 8.30. The van der Waals surface area contributed by atoms with E-state index in [4.69, 9.17) is 5.11 Å². The van der Waals surface area contributed by atoms with Crippen LogP contribution >= 0.6 is 11.8 Å². The highest BCUT2D eigenvalue weighted by atomic mass is 32.2. The molecule has 110 valence electrons. The van der Waals surface area contributed by atoms with Gasteiger partial charge in [-0.3, -0.25) is 4.79 Å². The first-order valence-electron chi connectivity index (χ1n) is 6.79. The van der Waals surface area contributed by atoms with Crippen LogP contribution < -0.4 is 5.32 Å². The van der Waals surface area contributed by atoms with Gasteiger partial charge in [-0.15, -0.1) is 0 Å². The van der Waals surface area contributed by atoms with E-state index in [1.54, 1.807) is 16.7 Å². The first-order valence-corrected chi connectivity index (χ1v) is 8.19. The molecule has 2 amide bonds. The van der Waals surface area contributed by atoms with Gasteiger partial charge in [0.15, 0.2) is 0 Å². The van der Waals surface area contributed by atoms with Crippen molar-refractivity contribution in [2.45, 2.75) is 38.6 Å². The predicted octanol–water partition coefficient (Wildman–Crippen LogP) is 2.02. The average molecular weight is 288 g/mol. The third kappa shape index (κ3) is 5.72. The van der Waals surface area contributed by atoms with Crippen molar-refractivity contribution in [3.8, 4) is 0 Å². The number of urea groups is 1. The first-order chi connectivity index (χ1) is 9.04. The Kier molecular flexibility index (Phi) is 7.05.